The van der Waals surface area contributed by atoms with Crippen LogP contribution in [-0.4, -0.2) is 49.7 Å². The van der Waals surface area contributed by atoms with Crippen LogP contribution in [0.25, 0.3) is 10.7 Å². The summed E-state index contributed by atoms with van der Waals surface area (Å²) in [6.45, 7) is 4.01. The van der Waals surface area contributed by atoms with Crippen molar-refractivity contribution < 1.29 is 19.5 Å². The molecule has 0 aliphatic heterocycles. The minimum atomic E-state index is -1.14. The number of hydrogen-bond donors (Lipinski definition) is 4. The molecule has 0 radical (unpaired) electrons. The number of nitrogens with zero attached hydrogens (tertiary/aromatic N) is 2. The lowest BCUT2D eigenvalue weighted by Crippen LogP contribution is -2.61. The summed E-state index contributed by atoms with van der Waals surface area (Å²) in [5.74, 6) is -1.60. The first-order valence-corrected chi connectivity index (χ1v) is 12.5. The van der Waals surface area contributed by atoms with E-state index in [0.717, 1.165) is 17.8 Å². The van der Waals surface area contributed by atoms with E-state index in [4.69, 9.17) is 0 Å². The molecule has 0 saturated heterocycles. The standard InChI is InChI=1S/C23H30N4O4S2/c1-14(2)11-18(32)19(28)27-23(7-3-4-8-23)22(31)26-17(21(29)30)12-15-5-6-16(25-13-15)20-24-9-10-33-20/h5-6,9-10,13-14,17-18,32H,3-4,7-8,11-12H2,1-2H3,(H,26,31)(H,27,28)(H,29,30). The maximum absolute atomic E-state index is 13.2. The molecule has 2 aromatic rings. The molecular formula is C23H30N4O4S2. The van der Waals surface area contributed by atoms with Crippen molar-refractivity contribution in [2.75, 3.05) is 0 Å². The van der Waals surface area contributed by atoms with Gasteiger partial charge in [-0.05, 0) is 36.8 Å². The number of rotatable bonds is 10. The highest BCUT2D eigenvalue weighted by molar-refractivity contribution is 7.81. The Morgan fingerprint density at radius 3 is 2.48 bits per heavy atom. The second-order valence-electron chi connectivity index (χ2n) is 8.88. The number of carbonyl (C=O) groups is 3. The van der Waals surface area contributed by atoms with Crippen LogP contribution in [0.2, 0.25) is 0 Å². The highest BCUT2D eigenvalue weighted by Gasteiger charge is 2.44. The molecule has 3 rings (SSSR count). The summed E-state index contributed by atoms with van der Waals surface area (Å²) in [7, 11) is 0. The maximum Gasteiger partial charge on any atom is 0.326 e. The average molecular weight is 491 g/mol. The van der Waals surface area contributed by atoms with Crippen molar-refractivity contribution in [2.45, 2.75) is 69.2 Å². The highest BCUT2D eigenvalue weighted by Crippen LogP contribution is 2.31. The van der Waals surface area contributed by atoms with Gasteiger partial charge < -0.3 is 15.7 Å². The summed E-state index contributed by atoms with van der Waals surface area (Å²) < 4.78 is 0. The van der Waals surface area contributed by atoms with Crippen LogP contribution in [0, 0.1) is 5.92 Å². The molecule has 3 N–H and O–H groups in total. The van der Waals surface area contributed by atoms with Crippen LogP contribution in [0.1, 0.15) is 51.5 Å². The van der Waals surface area contributed by atoms with Gasteiger partial charge in [0.2, 0.25) is 11.8 Å². The molecule has 10 heteroatoms. The number of aromatic nitrogens is 2. The molecule has 2 aromatic heterocycles. The van der Waals surface area contributed by atoms with Crippen LogP contribution < -0.4 is 10.6 Å². The van der Waals surface area contributed by atoms with Gasteiger partial charge in [-0.2, -0.15) is 12.6 Å². The molecule has 2 amide bonds. The maximum atomic E-state index is 13.2. The lowest BCUT2D eigenvalue weighted by molar-refractivity contribution is -0.143. The molecular weight excluding hydrogens is 460 g/mol. The molecule has 0 aromatic carbocycles. The molecule has 2 heterocycles. The molecule has 0 bridgehead atoms. The zero-order chi connectivity index (χ0) is 24.0. The number of aliphatic carboxylic acids is 1. The van der Waals surface area contributed by atoms with Crippen LogP contribution in [0.5, 0.6) is 0 Å². The van der Waals surface area contributed by atoms with Crippen LogP contribution in [0.15, 0.2) is 29.9 Å². The fourth-order valence-corrected chi connectivity index (χ4v) is 5.11. The van der Waals surface area contributed by atoms with Crippen LogP contribution in [0.4, 0.5) is 0 Å². The third kappa shape index (κ3) is 6.54. The number of thiol groups is 1. The summed E-state index contributed by atoms with van der Waals surface area (Å²) in [5.41, 5.74) is 0.287. The predicted molar refractivity (Wildman–Crippen MR) is 130 cm³/mol. The van der Waals surface area contributed by atoms with E-state index < -0.39 is 28.7 Å². The Bertz CT molecular complexity index is 957. The number of amides is 2. The molecule has 0 spiro atoms. The Labute approximate surface area is 203 Å². The first kappa shape index (κ1) is 25.2. The van der Waals surface area contributed by atoms with E-state index in [1.54, 1.807) is 24.5 Å². The van der Waals surface area contributed by atoms with Crippen molar-refractivity contribution in [1.82, 2.24) is 20.6 Å². The Kier molecular flexibility index (Phi) is 8.47. The van der Waals surface area contributed by atoms with Crippen molar-refractivity contribution in [3.63, 3.8) is 0 Å². The number of pyridine rings is 1. The van der Waals surface area contributed by atoms with E-state index in [2.05, 4.69) is 33.2 Å². The molecule has 1 saturated carbocycles. The second-order valence-corrected chi connectivity index (χ2v) is 10.4. The van der Waals surface area contributed by atoms with Gasteiger partial charge in [0, 0.05) is 24.2 Å². The summed E-state index contributed by atoms with van der Waals surface area (Å²) in [6, 6.07) is 2.44. The third-order valence-corrected chi connectivity index (χ3v) is 7.01. The number of nitrogens with one attached hydrogen (secondary N) is 2. The number of carboxylic acids is 1. The van der Waals surface area contributed by atoms with Crippen molar-refractivity contribution >= 4 is 41.7 Å². The van der Waals surface area contributed by atoms with Gasteiger partial charge in [-0.15, -0.1) is 11.3 Å². The van der Waals surface area contributed by atoms with E-state index in [9.17, 15) is 19.5 Å². The Morgan fingerprint density at radius 2 is 1.94 bits per heavy atom. The Hall–Kier alpha value is -2.46. The normalized spacial score (nSPS) is 16.8. The van der Waals surface area contributed by atoms with E-state index in [1.165, 1.54) is 11.3 Å². The third-order valence-electron chi connectivity index (χ3n) is 5.77. The zero-order valence-electron chi connectivity index (χ0n) is 18.8. The summed E-state index contributed by atoms with van der Waals surface area (Å²) >= 11 is 5.86. The smallest absolute Gasteiger partial charge is 0.326 e. The minimum Gasteiger partial charge on any atom is -0.480 e. The van der Waals surface area contributed by atoms with Gasteiger partial charge in [0.25, 0.3) is 0 Å². The SMILES string of the molecule is CC(C)CC(S)C(=O)NC1(C(=O)NC(Cc2ccc(-c3nccs3)nc2)C(=O)O)CCCC1. The van der Waals surface area contributed by atoms with Crippen molar-refractivity contribution in [3.8, 4) is 10.7 Å². The summed E-state index contributed by atoms with van der Waals surface area (Å²) in [5, 5.41) is 17.4. The monoisotopic (exact) mass is 490 g/mol. The van der Waals surface area contributed by atoms with Crippen LogP contribution in [0.3, 0.4) is 0 Å². The first-order chi connectivity index (χ1) is 15.7. The highest BCUT2D eigenvalue weighted by atomic mass is 32.1. The van der Waals surface area contributed by atoms with Gasteiger partial charge in [0.15, 0.2) is 0 Å². The molecule has 178 valence electrons. The number of carboxylic acid groups (broad SMARTS) is 1. The lowest BCUT2D eigenvalue weighted by Gasteiger charge is -2.31. The number of hydrogen-bond acceptors (Lipinski definition) is 7. The van der Waals surface area contributed by atoms with Crippen LogP contribution >= 0.6 is 24.0 Å². The van der Waals surface area contributed by atoms with Gasteiger partial charge in [0.1, 0.15) is 16.6 Å². The molecule has 2 atom stereocenters. The van der Waals surface area contributed by atoms with Gasteiger partial charge in [-0.25, -0.2) is 9.78 Å². The van der Waals surface area contributed by atoms with Crippen LogP contribution in [-0.2, 0) is 20.8 Å². The largest absolute Gasteiger partial charge is 0.480 e. The first-order valence-electron chi connectivity index (χ1n) is 11.1. The summed E-state index contributed by atoms with van der Waals surface area (Å²) in [6.07, 6.45) is 6.49. The Balaban J connectivity index is 1.68. The minimum absolute atomic E-state index is 0.0821. The fraction of sp³-hybridized carbons (Fsp3) is 0.522. The van der Waals surface area contributed by atoms with Crippen molar-refractivity contribution in [3.05, 3.63) is 35.5 Å². The van der Waals surface area contributed by atoms with E-state index in [1.807, 2.05) is 19.2 Å². The molecule has 1 aliphatic rings. The molecule has 1 aliphatic carbocycles. The molecule has 2 unspecified atom stereocenters. The number of carbonyl (C=O) groups excluding carboxylic acids is 2. The molecule has 8 nitrogen and oxygen atoms in total. The lowest BCUT2D eigenvalue weighted by atomic mass is 9.94. The van der Waals surface area contributed by atoms with Gasteiger partial charge in [0.05, 0.1) is 10.9 Å². The Morgan fingerprint density at radius 1 is 1.21 bits per heavy atom. The van der Waals surface area contributed by atoms with Crippen molar-refractivity contribution in [2.24, 2.45) is 5.92 Å². The van der Waals surface area contributed by atoms with Gasteiger partial charge in [-0.3, -0.25) is 14.6 Å². The van der Waals surface area contributed by atoms with E-state index >= 15 is 0 Å². The fourth-order valence-electron chi connectivity index (χ4n) is 4.01. The van der Waals surface area contributed by atoms with Crippen molar-refractivity contribution in [1.29, 1.82) is 0 Å². The second kappa shape index (κ2) is 11.1. The average Bonchev–Trinajstić information content (AvgIpc) is 3.46. The van der Waals surface area contributed by atoms with Gasteiger partial charge in [-0.1, -0.05) is 32.8 Å². The van der Waals surface area contributed by atoms with E-state index in [-0.39, 0.29) is 12.3 Å². The predicted octanol–water partition coefficient (Wildman–Crippen LogP) is 3.09. The molecule has 1 fully saturated rings. The van der Waals surface area contributed by atoms with E-state index in [0.29, 0.717) is 36.4 Å². The quantitative estimate of drug-likeness (QED) is 0.380. The van der Waals surface area contributed by atoms with Gasteiger partial charge >= 0.3 is 5.97 Å². The topological polar surface area (TPSA) is 121 Å². The molecule has 33 heavy (non-hydrogen) atoms. The number of thiazole rings is 1. The zero-order valence-corrected chi connectivity index (χ0v) is 20.5. The summed E-state index contributed by atoms with van der Waals surface area (Å²) in [4.78, 5) is 46.4.